The van der Waals surface area contributed by atoms with Crippen molar-refractivity contribution >= 4 is 12.1 Å². The van der Waals surface area contributed by atoms with E-state index in [1.54, 1.807) is 18.2 Å². The number of rotatable bonds is 5. The topological polar surface area (TPSA) is 70.9 Å². The summed E-state index contributed by atoms with van der Waals surface area (Å²) in [5, 5.41) is 13.5. The van der Waals surface area contributed by atoms with Gasteiger partial charge in [0.05, 0.1) is 6.21 Å². The predicted molar refractivity (Wildman–Crippen MR) is 90.0 cm³/mol. The third-order valence-corrected chi connectivity index (χ3v) is 3.42. The van der Waals surface area contributed by atoms with E-state index in [2.05, 4.69) is 10.5 Å². The molecule has 0 aliphatic carbocycles. The minimum atomic E-state index is -0.369. The van der Waals surface area contributed by atoms with Crippen molar-refractivity contribution < 1.29 is 14.6 Å². The highest BCUT2D eigenvalue weighted by Gasteiger charge is 2.03. The second-order valence-electron chi connectivity index (χ2n) is 5.39. The normalized spacial score (nSPS) is 10.7. The van der Waals surface area contributed by atoms with Crippen molar-refractivity contribution in [2.45, 2.75) is 20.8 Å². The second-order valence-corrected chi connectivity index (χ2v) is 5.39. The largest absolute Gasteiger partial charge is 0.507 e. The summed E-state index contributed by atoms with van der Waals surface area (Å²) in [6.07, 6.45) is 1.40. The van der Waals surface area contributed by atoms with Crippen molar-refractivity contribution in [1.82, 2.24) is 5.43 Å². The molecule has 0 heterocycles. The van der Waals surface area contributed by atoms with Crippen molar-refractivity contribution in [2.75, 3.05) is 6.61 Å². The standard InChI is InChI=1S/C18H20N2O3/c1-12-4-7-17(21)15(8-12)10-19-20-18(22)11-23-16-6-5-13(2)14(3)9-16/h4-10,21H,11H2,1-3H3,(H,20,22). The van der Waals surface area contributed by atoms with Gasteiger partial charge in [0.25, 0.3) is 5.91 Å². The highest BCUT2D eigenvalue weighted by molar-refractivity contribution is 5.85. The number of phenolic OH excluding ortho intramolecular Hbond substituents is 1. The highest BCUT2D eigenvalue weighted by Crippen LogP contribution is 2.16. The molecule has 0 radical (unpaired) electrons. The fourth-order valence-electron chi connectivity index (χ4n) is 1.94. The molecule has 0 aromatic heterocycles. The molecular weight excluding hydrogens is 292 g/mol. The maximum atomic E-state index is 11.7. The molecule has 5 heteroatoms. The van der Waals surface area contributed by atoms with Crippen LogP contribution in [-0.4, -0.2) is 23.8 Å². The van der Waals surface area contributed by atoms with Gasteiger partial charge in [0.2, 0.25) is 0 Å². The zero-order valence-corrected chi connectivity index (χ0v) is 13.5. The number of benzene rings is 2. The molecule has 0 unspecified atom stereocenters. The summed E-state index contributed by atoms with van der Waals surface area (Å²) >= 11 is 0. The molecule has 23 heavy (non-hydrogen) atoms. The van der Waals surface area contributed by atoms with Gasteiger partial charge in [-0.25, -0.2) is 5.43 Å². The van der Waals surface area contributed by atoms with Gasteiger partial charge >= 0.3 is 0 Å². The van der Waals surface area contributed by atoms with Crippen LogP contribution in [-0.2, 0) is 4.79 Å². The zero-order chi connectivity index (χ0) is 16.8. The second kappa shape index (κ2) is 7.45. The van der Waals surface area contributed by atoms with Gasteiger partial charge in [-0.1, -0.05) is 17.7 Å². The number of ether oxygens (including phenoxy) is 1. The molecule has 2 aromatic carbocycles. The lowest BCUT2D eigenvalue weighted by Crippen LogP contribution is -2.24. The van der Waals surface area contributed by atoms with E-state index in [1.165, 1.54) is 11.8 Å². The molecule has 0 saturated carbocycles. The van der Waals surface area contributed by atoms with E-state index in [1.807, 2.05) is 39.0 Å². The Morgan fingerprint density at radius 1 is 1.17 bits per heavy atom. The number of aryl methyl sites for hydroxylation is 3. The number of amides is 1. The van der Waals surface area contributed by atoms with E-state index in [0.29, 0.717) is 11.3 Å². The number of nitrogens with one attached hydrogen (secondary N) is 1. The van der Waals surface area contributed by atoms with Crippen molar-refractivity contribution in [3.05, 3.63) is 58.7 Å². The average Bonchev–Trinajstić information content (AvgIpc) is 2.52. The first-order chi connectivity index (χ1) is 11.0. The van der Waals surface area contributed by atoms with Crippen LogP contribution in [0.3, 0.4) is 0 Å². The Morgan fingerprint density at radius 2 is 1.96 bits per heavy atom. The number of carbonyl (C=O) groups excluding carboxylic acids is 1. The molecule has 0 aliphatic heterocycles. The molecule has 120 valence electrons. The quantitative estimate of drug-likeness (QED) is 0.659. The van der Waals surface area contributed by atoms with Gasteiger partial charge in [-0.05, 0) is 56.2 Å². The Bertz CT molecular complexity index is 739. The molecule has 0 fully saturated rings. The van der Waals surface area contributed by atoms with Crippen LogP contribution >= 0.6 is 0 Å². The highest BCUT2D eigenvalue weighted by atomic mass is 16.5. The summed E-state index contributed by atoms with van der Waals surface area (Å²) < 4.78 is 5.41. The van der Waals surface area contributed by atoms with Crippen LogP contribution in [0.1, 0.15) is 22.3 Å². The molecule has 0 atom stereocenters. The molecule has 0 aliphatic rings. The fourth-order valence-corrected chi connectivity index (χ4v) is 1.94. The third-order valence-electron chi connectivity index (χ3n) is 3.42. The van der Waals surface area contributed by atoms with E-state index in [9.17, 15) is 9.90 Å². The van der Waals surface area contributed by atoms with Crippen LogP contribution in [0, 0.1) is 20.8 Å². The maximum absolute atomic E-state index is 11.7. The first-order valence-corrected chi connectivity index (χ1v) is 7.27. The Labute approximate surface area is 135 Å². The van der Waals surface area contributed by atoms with Crippen molar-refractivity contribution in [3.63, 3.8) is 0 Å². The molecule has 2 aromatic rings. The lowest BCUT2D eigenvalue weighted by Gasteiger charge is -2.07. The van der Waals surface area contributed by atoms with E-state index >= 15 is 0 Å². The summed E-state index contributed by atoms with van der Waals surface area (Å²) in [6, 6.07) is 10.8. The summed E-state index contributed by atoms with van der Waals surface area (Å²) in [5.74, 6) is 0.384. The fraction of sp³-hybridized carbons (Fsp3) is 0.222. The van der Waals surface area contributed by atoms with Gasteiger partial charge in [0, 0.05) is 5.56 Å². The summed E-state index contributed by atoms with van der Waals surface area (Å²) in [6.45, 7) is 5.79. The number of nitrogens with zero attached hydrogens (tertiary/aromatic N) is 1. The lowest BCUT2D eigenvalue weighted by atomic mass is 10.1. The molecule has 0 saturated heterocycles. The van der Waals surface area contributed by atoms with E-state index < -0.39 is 0 Å². The number of hydrogen-bond donors (Lipinski definition) is 2. The first-order valence-electron chi connectivity index (χ1n) is 7.27. The van der Waals surface area contributed by atoms with Crippen LogP contribution in [0.25, 0.3) is 0 Å². The summed E-state index contributed by atoms with van der Waals surface area (Å²) in [5.41, 5.74) is 6.18. The van der Waals surface area contributed by atoms with Crippen LogP contribution in [0.5, 0.6) is 11.5 Å². The number of carbonyl (C=O) groups is 1. The van der Waals surface area contributed by atoms with Crippen molar-refractivity contribution in [1.29, 1.82) is 0 Å². The maximum Gasteiger partial charge on any atom is 0.277 e. The summed E-state index contributed by atoms with van der Waals surface area (Å²) in [7, 11) is 0. The van der Waals surface area contributed by atoms with E-state index in [4.69, 9.17) is 4.74 Å². The van der Waals surface area contributed by atoms with Gasteiger partial charge in [-0.3, -0.25) is 4.79 Å². The monoisotopic (exact) mass is 312 g/mol. The van der Waals surface area contributed by atoms with Crippen LogP contribution in [0.2, 0.25) is 0 Å². The molecule has 0 spiro atoms. The molecule has 2 N–H and O–H groups in total. The minimum absolute atomic E-state index is 0.111. The van der Waals surface area contributed by atoms with Gasteiger partial charge in [0.15, 0.2) is 6.61 Å². The van der Waals surface area contributed by atoms with Gasteiger partial charge in [0.1, 0.15) is 11.5 Å². The number of phenols is 1. The summed E-state index contributed by atoms with van der Waals surface area (Å²) in [4.78, 5) is 11.7. The Hall–Kier alpha value is -2.82. The first kappa shape index (κ1) is 16.5. The number of hydrazone groups is 1. The van der Waals surface area contributed by atoms with Crippen molar-refractivity contribution in [3.8, 4) is 11.5 Å². The smallest absolute Gasteiger partial charge is 0.277 e. The SMILES string of the molecule is Cc1ccc(O)c(C=NNC(=O)COc2ccc(C)c(C)c2)c1. The predicted octanol–water partition coefficient (Wildman–Crippen LogP) is 2.85. The molecular formula is C18H20N2O3. The number of hydrogen-bond acceptors (Lipinski definition) is 4. The molecule has 5 nitrogen and oxygen atoms in total. The molecule has 1 amide bonds. The van der Waals surface area contributed by atoms with Crippen LogP contribution in [0.15, 0.2) is 41.5 Å². The van der Waals surface area contributed by atoms with Crippen LogP contribution in [0.4, 0.5) is 0 Å². The Balaban J connectivity index is 1.86. The lowest BCUT2D eigenvalue weighted by molar-refractivity contribution is -0.123. The average molecular weight is 312 g/mol. The third kappa shape index (κ3) is 4.85. The molecule has 2 rings (SSSR count). The number of aromatic hydroxyl groups is 1. The van der Waals surface area contributed by atoms with E-state index in [-0.39, 0.29) is 18.3 Å². The van der Waals surface area contributed by atoms with Gasteiger partial charge in [-0.15, -0.1) is 0 Å². The Morgan fingerprint density at radius 3 is 2.70 bits per heavy atom. The van der Waals surface area contributed by atoms with Crippen LogP contribution < -0.4 is 10.2 Å². The Kier molecular flexibility index (Phi) is 5.36. The van der Waals surface area contributed by atoms with Crippen molar-refractivity contribution in [2.24, 2.45) is 5.10 Å². The minimum Gasteiger partial charge on any atom is -0.507 e. The van der Waals surface area contributed by atoms with E-state index in [0.717, 1.165) is 11.1 Å². The zero-order valence-electron chi connectivity index (χ0n) is 13.5. The molecule has 0 bridgehead atoms. The van der Waals surface area contributed by atoms with Gasteiger partial charge in [-0.2, -0.15) is 5.10 Å². The van der Waals surface area contributed by atoms with Gasteiger partial charge < -0.3 is 9.84 Å².